The summed E-state index contributed by atoms with van der Waals surface area (Å²) >= 11 is 0. The summed E-state index contributed by atoms with van der Waals surface area (Å²) in [6, 6.07) is 7.70. The van der Waals surface area contributed by atoms with E-state index in [1.165, 1.54) is 0 Å². The molecular weight excluding hydrogens is 252 g/mol. The van der Waals surface area contributed by atoms with Crippen LogP contribution in [0.5, 0.6) is 0 Å². The van der Waals surface area contributed by atoms with E-state index in [2.05, 4.69) is 19.6 Å². The highest BCUT2D eigenvalue weighted by atomic mass is 15.3. The maximum atomic E-state index is 5.72. The van der Waals surface area contributed by atoms with Crippen LogP contribution in [-0.4, -0.2) is 24.3 Å². The number of hydrogen-bond acceptors (Lipinski definition) is 4. The molecule has 0 radical (unpaired) electrons. The fraction of sp³-hybridized carbons (Fsp3) is 0.214. The van der Waals surface area contributed by atoms with E-state index < -0.39 is 0 Å². The molecule has 0 aliphatic heterocycles. The van der Waals surface area contributed by atoms with Crippen molar-refractivity contribution >= 4 is 5.69 Å². The van der Waals surface area contributed by atoms with Crippen LogP contribution in [0.2, 0.25) is 0 Å². The molecule has 3 aromatic rings. The number of nitrogen functional groups attached to an aromatic ring is 1. The predicted molar refractivity (Wildman–Crippen MR) is 76.9 cm³/mol. The average molecular weight is 268 g/mol. The van der Waals surface area contributed by atoms with E-state index in [9.17, 15) is 0 Å². The number of hydrogen-bond donors (Lipinski definition) is 1. The molecule has 0 fully saturated rings. The molecule has 0 aliphatic rings. The molecule has 102 valence electrons. The van der Waals surface area contributed by atoms with Crippen molar-refractivity contribution in [3.8, 4) is 11.4 Å². The number of anilines is 1. The molecule has 2 aromatic heterocycles. The van der Waals surface area contributed by atoms with Crippen molar-refractivity contribution in [3.05, 3.63) is 48.8 Å². The maximum absolute atomic E-state index is 5.72. The molecule has 0 aliphatic carbocycles. The van der Waals surface area contributed by atoms with Gasteiger partial charge in [-0.15, -0.1) is 0 Å². The van der Waals surface area contributed by atoms with Crippen molar-refractivity contribution < 1.29 is 0 Å². The Labute approximate surface area is 116 Å². The van der Waals surface area contributed by atoms with Crippen molar-refractivity contribution in [2.45, 2.75) is 20.0 Å². The minimum atomic E-state index is 0.646. The Morgan fingerprint density at radius 3 is 2.70 bits per heavy atom. The zero-order chi connectivity index (χ0) is 13.9. The number of aromatic nitrogens is 5. The molecule has 6 nitrogen and oxygen atoms in total. The predicted octanol–water partition coefficient (Wildman–Crippen LogP) is 1.79. The van der Waals surface area contributed by atoms with Gasteiger partial charge in [-0.25, -0.2) is 14.6 Å². The number of benzene rings is 1. The molecule has 2 N–H and O–H groups in total. The zero-order valence-corrected chi connectivity index (χ0v) is 11.3. The molecule has 0 saturated heterocycles. The Bertz CT molecular complexity index is 695. The van der Waals surface area contributed by atoms with Gasteiger partial charge in [0.25, 0.3) is 0 Å². The summed E-state index contributed by atoms with van der Waals surface area (Å²) in [7, 11) is 0. The highest BCUT2D eigenvalue weighted by Crippen LogP contribution is 2.19. The Morgan fingerprint density at radius 1 is 1.15 bits per heavy atom. The van der Waals surface area contributed by atoms with Gasteiger partial charge >= 0.3 is 0 Å². The summed E-state index contributed by atoms with van der Waals surface area (Å²) in [6.07, 6.45) is 5.32. The third kappa shape index (κ3) is 2.27. The lowest BCUT2D eigenvalue weighted by Gasteiger charge is -2.08. The largest absolute Gasteiger partial charge is 0.399 e. The second-order valence-electron chi connectivity index (χ2n) is 4.49. The summed E-state index contributed by atoms with van der Waals surface area (Å²) in [4.78, 5) is 8.71. The average Bonchev–Trinajstić information content (AvgIpc) is 3.09. The van der Waals surface area contributed by atoms with E-state index in [-0.39, 0.29) is 0 Å². The summed E-state index contributed by atoms with van der Waals surface area (Å²) < 4.78 is 3.94. The van der Waals surface area contributed by atoms with Crippen LogP contribution >= 0.6 is 0 Å². The quantitative estimate of drug-likeness (QED) is 0.732. The first-order chi connectivity index (χ1) is 9.78. The van der Waals surface area contributed by atoms with Gasteiger partial charge in [0.1, 0.15) is 18.0 Å². The van der Waals surface area contributed by atoms with Gasteiger partial charge < -0.3 is 10.3 Å². The van der Waals surface area contributed by atoms with Crippen LogP contribution in [0.15, 0.2) is 43.0 Å². The van der Waals surface area contributed by atoms with Gasteiger partial charge in [-0.2, -0.15) is 5.10 Å². The summed E-state index contributed by atoms with van der Waals surface area (Å²) in [5.74, 6) is 1.82. The molecule has 0 atom stereocenters. The topological polar surface area (TPSA) is 74.5 Å². The molecule has 3 rings (SSSR count). The summed E-state index contributed by atoms with van der Waals surface area (Å²) in [5, 5.41) is 4.18. The number of rotatable bonds is 4. The first kappa shape index (κ1) is 12.4. The fourth-order valence-electron chi connectivity index (χ4n) is 2.16. The van der Waals surface area contributed by atoms with Crippen LogP contribution in [-0.2, 0) is 13.1 Å². The summed E-state index contributed by atoms with van der Waals surface area (Å²) in [6.45, 7) is 3.50. The summed E-state index contributed by atoms with van der Waals surface area (Å²) in [5.41, 5.74) is 7.50. The second kappa shape index (κ2) is 5.16. The van der Waals surface area contributed by atoms with Gasteiger partial charge in [-0.3, -0.25) is 0 Å². The Hall–Kier alpha value is -2.63. The minimum Gasteiger partial charge on any atom is -0.399 e. The van der Waals surface area contributed by atoms with Crippen LogP contribution in [0.3, 0.4) is 0 Å². The lowest BCUT2D eigenvalue weighted by molar-refractivity contribution is 0.593. The Balaban J connectivity index is 1.92. The molecular formula is C14H16N6. The van der Waals surface area contributed by atoms with Crippen molar-refractivity contribution in [2.24, 2.45) is 0 Å². The number of imidazole rings is 1. The van der Waals surface area contributed by atoms with Crippen molar-refractivity contribution in [2.75, 3.05) is 5.73 Å². The highest BCUT2D eigenvalue weighted by Gasteiger charge is 2.09. The first-order valence-electron chi connectivity index (χ1n) is 6.51. The molecule has 0 unspecified atom stereocenters. The second-order valence-corrected chi connectivity index (χ2v) is 4.49. The lowest BCUT2D eigenvalue weighted by atomic mass is 10.2. The molecule has 20 heavy (non-hydrogen) atoms. The van der Waals surface area contributed by atoms with E-state index in [0.29, 0.717) is 6.54 Å². The van der Waals surface area contributed by atoms with E-state index in [1.807, 2.05) is 42.1 Å². The maximum Gasteiger partial charge on any atom is 0.146 e. The van der Waals surface area contributed by atoms with Crippen LogP contribution in [0.1, 0.15) is 12.7 Å². The number of nitrogens with zero attached hydrogens (tertiary/aromatic N) is 5. The van der Waals surface area contributed by atoms with E-state index in [0.717, 1.165) is 29.4 Å². The number of aryl methyl sites for hydroxylation is 1. The Kier molecular flexibility index (Phi) is 3.20. The van der Waals surface area contributed by atoms with Gasteiger partial charge in [0.15, 0.2) is 0 Å². The Morgan fingerprint density at radius 2 is 1.95 bits per heavy atom. The van der Waals surface area contributed by atoms with Gasteiger partial charge in [0, 0.05) is 30.2 Å². The van der Waals surface area contributed by atoms with E-state index in [1.54, 1.807) is 12.5 Å². The van der Waals surface area contributed by atoms with Gasteiger partial charge in [-0.1, -0.05) is 0 Å². The minimum absolute atomic E-state index is 0.646. The smallest absolute Gasteiger partial charge is 0.146 e. The van der Waals surface area contributed by atoms with Crippen LogP contribution in [0, 0.1) is 0 Å². The van der Waals surface area contributed by atoms with E-state index in [4.69, 9.17) is 5.73 Å². The standard InChI is InChI=1S/C14H16N6/c1-2-20-13(17-10-18-20)9-19-8-7-16-14(19)11-3-5-12(15)6-4-11/h3-8,10H,2,9,15H2,1H3. The lowest BCUT2D eigenvalue weighted by Crippen LogP contribution is -2.09. The molecule has 2 heterocycles. The molecule has 0 spiro atoms. The van der Waals surface area contributed by atoms with Crippen molar-refractivity contribution in [1.29, 1.82) is 0 Å². The van der Waals surface area contributed by atoms with Gasteiger partial charge in [0.2, 0.25) is 0 Å². The fourth-order valence-corrected chi connectivity index (χ4v) is 2.16. The van der Waals surface area contributed by atoms with Crippen LogP contribution in [0.4, 0.5) is 5.69 Å². The van der Waals surface area contributed by atoms with Gasteiger partial charge in [-0.05, 0) is 31.2 Å². The van der Waals surface area contributed by atoms with Crippen LogP contribution < -0.4 is 5.73 Å². The third-order valence-electron chi connectivity index (χ3n) is 3.19. The molecule has 1 aromatic carbocycles. The third-order valence-corrected chi connectivity index (χ3v) is 3.19. The normalized spacial score (nSPS) is 10.8. The highest BCUT2D eigenvalue weighted by molar-refractivity contribution is 5.59. The van der Waals surface area contributed by atoms with Gasteiger partial charge in [0.05, 0.1) is 6.54 Å². The van der Waals surface area contributed by atoms with Crippen molar-refractivity contribution in [3.63, 3.8) is 0 Å². The zero-order valence-electron chi connectivity index (χ0n) is 11.3. The monoisotopic (exact) mass is 268 g/mol. The van der Waals surface area contributed by atoms with Crippen molar-refractivity contribution in [1.82, 2.24) is 24.3 Å². The SMILES string of the molecule is CCn1ncnc1Cn1ccnc1-c1ccc(N)cc1. The number of nitrogens with two attached hydrogens (primary N) is 1. The first-order valence-corrected chi connectivity index (χ1v) is 6.51. The molecule has 0 saturated carbocycles. The molecule has 0 bridgehead atoms. The molecule has 0 amide bonds. The molecule has 6 heteroatoms. The van der Waals surface area contributed by atoms with E-state index >= 15 is 0 Å². The van der Waals surface area contributed by atoms with Crippen LogP contribution in [0.25, 0.3) is 11.4 Å².